The largest absolute Gasteiger partial charge is 0.317 e. The highest BCUT2D eigenvalue weighted by Gasteiger charge is 2.21. The third kappa shape index (κ3) is 3.51. The highest BCUT2D eigenvalue weighted by Crippen LogP contribution is 2.29. The highest BCUT2D eigenvalue weighted by molar-refractivity contribution is 7.13. The van der Waals surface area contributed by atoms with Gasteiger partial charge in [-0.3, -0.25) is 9.48 Å². The number of hydrogen-bond acceptors (Lipinski definition) is 6. The second kappa shape index (κ2) is 7.07. The number of anilines is 1. The fourth-order valence-corrected chi connectivity index (χ4v) is 4.61. The molecule has 4 rings (SSSR count). The summed E-state index contributed by atoms with van der Waals surface area (Å²) >= 11 is 3.21. The maximum absolute atomic E-state index is 12.5. The van der Waals surface area contributed by atoms with Crippen LogP contribution in [0.4, 0.5) is 5.82 Å². The van der Waals surface area contributed by atoms with E-state index in [0.29, 0.717) is 17.4 Å². The minimum absolute atomic E-state index is 0.183. The number of thiophene rings is 1. The van der Waals surface area contributed by atoms with E-state index in [0.717, 1.165) is 41.5 Å². The van der Waals surface area contributed by atoms with E-state index in [4.69, 9.17) is 0 Å². The molecule has 130 valence electrons. The summed E-state index contributed by atoms with van der Waals surface area (Å²) in [6.45, 7) is 2.04. The number of nitrogens with zero attached hydrogens (tertiary/aromatic N) is 3. The van der Waals surface area contributed by atoms with Crippen LogP contribution in [0.15, 0.2) is 29.0 Å². The topological polar surface area (TPSA) is 71.8 Å². The molecule has 2 N–H and O–H groups in total. The van der Waals surface area contributed by atoms with Crippen molar-refractivity contribution in [1.82, 2.24) is 20.1 Å². The molecule has 0 saturated carbocycles. The van der Waals surface area contributed by atoms with Crippen LogP contribution in [0.5, 0.6) is 0 Å². The number of nitrogens with one attached hydrogen (secondary N) is 2. The Morgan fingerprint density at radius 1 is 1.36 bits per heavy atom. The molecule has 4 heterocycles. The lowest BCUT2D eigenvalue weighted by atomic mass is 9.99. The van der Waals surface area contributed by atoms with E-state index < -0.39 is 0 Å². The van der Waals surface area contributed by atoms with Crippen LogP contribution in [-0.4, -0.2) is 33.8 Å². The third-order valence-electron chi connectivity index (χ3n) is 4.34. The van der Waals surface area contributed by atoms with Crippen LogP contribution in [0, 0.1) is 0 Å². The van der Waals surface area contributed by atoms with E-state index in [9.17, 15) is 4.79 Å². The summed E-state index contributed by atoms with van der Waals surface area (Å²) < 4.78 is 1.69. The molecule has 0 spiro atoms. The molecule has 0 bridgehead atoms. The summed E-state index contributed by atoms with van der Waals surface area (Å²) in [5, 5.41) is 15.7. The minimum atomic E-state index is -0.183. The highest BCUT2D eigenvalue weighted by atomic mass is 32.1. The van der Waals surface area contributed by atoms with Crippen molar-refractivity contribution in [3.05, 3.63) is 39.7 Å². The molecule has 0 aromatic carbocycles. The van der Waals surface area contributed by atoms with E-state index >= 15 is 0 Å². The van der Waals surface area contributed by atoms with Gasteiger partial charge in [-0.05, 0) is 37.4 Å². The fourth-order valence-electron chi connectivity index (χ4n) is 2.96. The molecule has 3 aromatic rings. The molecule has 1 amide bonds. The summed E-state index contributed by atoms with van der Waals surface area (Å²) in [5.74, 6) is 0.955. The van der Waals surface area contributed by atoms with Crippen LogP contribution in [-0.2, 0) is 7.05 Å². The van der Waals surface area contributed by atoms with E-state index in [1.807, 2.05) is 36.0 Å². The molecule has 3 aromatic heterocycles. The molecular formula is C17H19N5OS2. The Bertz CT molecular complexity index is 862. The van der Waals surface area contributed by atoms with Gasteiger partial charge >= 0.3 is 0 Å². The quantitative estimate of drug-likeness (QED) is 0.736. The molecule has 1 saturated heterocycles. The van der Waals surface area contributed by atoms with E-state index in [2.05, 4.69) is 20.7 Å². The second-order valence-electron chi connectivity index (χ2n) is 6.07. The first-order valence-electron chi connectivity index (χ1n) is 8.26. The number of piperidine rings is 1. The number of thiazole rings is 1. The third-order valence-corrected chi connectivity index (χ3v) is 6.24. The second-order valence-corrected chi connectivity index (χ2v) is 7.90. The van der Waals surface area contributed by atoms with E-state index in [-0.39, 0.29) is 5.91 Å². The van der Waals surface area contributed by atoms with Gasteiger partial charge in [-0.1, -0.05) is 6.07 Å². The zero-order valence-corrected chi connectivity index (χ0v) is 15.5. The van der Waals surface area contributed by atoms with Gasteiger partial charge in [0.05, 0.1) is 9.88 Å². The molecule has 0 radical (unpaired) electrons. The van der Waals surface area contributed by atoms with Gasteiger partial charge in [0, 0.05) is 24.4 Å². The summed E-state index contributed by atoms with van der Waals surface area (Å²) in [4.78, 5) is 18.2. The van der Waals surface area contributed by atoms with Crippen LogP contribution in [0.1, 0.15) is 34.3 Å². The average Bonchev–Trinajstić information content (AvgIpc) is 3.37. The SMILES string of the molecule is Cn1nc(-c2cccs2)cc1NC(=O)c1csc(C2CCNCC2)n1. The van der Waals surface area contributed by atoms with Gasteiger partial charge in [-0.15, -0.1) is 22.7 Å². The molecule has 1 fully saturated rings. The molecule has 0 aliphatic carbocycles. The molecule has 25 heavy (non-hydrogen) atoms. The Balaban J connectivity index is 1.48. The number of amides is 1. The van der Waals surface area contributed by atoms with Crippen LogP contribution < -0.4 is 10.6 Å². The Kier molecular flexibility index (Phi) is 4.65. The maximum atomic E-state index is 12.5. The summed E-state index contributed by atoms with van der Waals surface area (Å²) in [6, 6.07) is 5.90. The number of hydrogen-bond donors (Lipinski definition) is 2. The average molecular weight is 374 g/mol. The van der Waals surface area contributed by atoms with Gasteiger partial charge in [0.15, 0.2) is 0 Å². The summed E-state index contributed by atoms with van der Waals surface area (Å²) in [6.07, 6.45) is 2.17. The maximum Gasteiger partial charge on any atom is 0.276 e. The summed E-state index contributed by atoms with van der Waals surface area (Å²) in [7, 11) is 1.83. The molecule has 0 unspecified atom stereocenters. The van der Waals surface area contributed by atoms with Crippen LogP contribution in [0.2, 0.25) is 0 Å². The van der Waals surface area contributed by atoms with Gasteiger partial charge in [-0.2, -0.15) is 5.10 Å². The predicted molar refractivity (Wildman–Crippen MR) is 101 cm³/mol. The molecule has 0 atom stereocenters. The molecule has 6 nitrogen and oxygen atoms in total. The lowest BCUT2D eigenvalue weighted by Gasteiger charge is -2.20. The van der Waals surface area contributed by atoms with Crippen molar-refractivity contribution >= 4 is 34.4 Å². The van der Waals surface area contributed by atoms with Crippen molar-refractivity contribution in [2.75, 3.05) is 18.4 Å². The molecule has 1 aliphatic rings. The lowest BCUT2D eigenvalue weighted by Crippen LogP contribution is -2.26. The Hall–Kier alpha value is -2.03. The van der Waals surface area contributed by atoms with Crippen LogP contribution in [0.3, 0.4) is 0 Å². The monoisotopic (exact) mass is 373 g/mol. The van der Waals surface area contributed by atoms with Gasteiger partial charge in [0.2, 0.25) is 0 Å². The van der Waals surface area contributed by atoms with E-state index in [1.165, 1.54) is 0 Å². The fraction of sp³-hybridized carbons (Fsp3) is 0.353. The van der Waals surface area contributed by atoms with Gasteiger partial charge in [0.25, 0.3) is 5.91 Å². The van der Waals surface area contributed by atoms with Gasteiger partial charge in [0.1, 0.15) is 17.2 Å². The first kappa shape index (κ1) is 16.4. The number of carbonyl (C=O) groups is 1. The molecule has 1 aliphatic heterocycles. The lowest BCUT2D eigenvalue weighted by molar-refractivity contribution is 0.102. The zero-order chi connectivity index (χ0) is 17.2. The number of carbonyl (C=O) groups excluding carboxylic acids is 1. The van der Waals surface area contributed by atoms with Crippen LogP contribution >= 0.6 is 22.7 Å². The molecule has 8 heteroatoms. The Morgan fingerprint density at radius 2 is 2.20 bits per heavy atom. The van der Waals surface area contributed by atoms with Gasteiger partial charge in [-0.25, -0.2) is 4.98 Å². The van der Waals surface area contributed by atoms with Crippen LogP contribution in [0.25, 0.3) is 10.6 Å². The zero-order valence-electron chi connectivity index (χ0n) is 13.9. The normalized spacial score (nSPS) is 15.4. The number of aromatic nitrogens is 3. The first-order chi connectivity index (χ1) is 12.2. The van der Waals surface area contributed by atoms with Crippen molar-refractivity contribution in [3.8, 4) is 10.6 Å². The number of aryl methyl sites for hydroxylation is 1. The Morgan fingerprint density at radius 3 is 2.96 bits per heavy atom. The Labute approximate surface area is 153 Å². The first-order valence-corrected chi connectivity index (χ1v) is 10.0. The summed E-state index contributed by atoms with van der Waals surface area (Å²) in [5.41, 5.74) is 1.35. The van der Waals surface area contributed by atoms with Gasteiger partial charge < -0.3 is 10.6 Å². The number of rotatable bonds is 4. The van der Waals surface area contributed by atoms with Crippen molar-refractivity contribution in [3.63, 3.8) is 0 Å². The predicted octanol–water partition coefficient (Wildman–Crippen LogP) is 3.32. The van der Waals surface area contributed by atoms with E-state index in [1.54, 1.807) is 27.4 Å². The van der Waals surface area contributed by atoms with Crippen molar-refractivity contribution in [1.29, 1.82) is 0 Å². The molecular weight excluding hydrogens is 354 g/mol. The van der Waals surface area contributed by atoms with Crippen molar-refractivity contribution in [2.45, 2.75) is 18.8 Å². The smallest absolute Gasteiger partial charge is 0.276 e. The standard InChI is InChI=1S/C17H19N5OS2/c1-22-15(9-12(21-22)14-3-2-8-24-14)20-16(23)13-10-25-17(19-13)11-4-6-18-7-5-11/h2-3,8-11,18H,4-7H2,1H3,(H,20,23). The minimum Gasteiger partial charge on any atom is -0.317 e. The van der Waals surface area contributed by atoms with Crippen molar-refractivity contribution in [2.24, 2.45) is 7.05 Å². The van der Waals surface area contributed by atoms with Crippen molar-refractivity contribution < 1.29 is 4.79 Å².